The molecule has 0 amide bonds. The summed E-state index contributed by atoms with van der Waals surface area (Å²) in [6.45, 7) is 4.63. The molecular formula is C21H26N3O10PS. The van der Waals surface area contributed by atoms with Crippen molar-refractivity contribution in [2.45, 2.75) is 44.6 Å². The van der Waals surface area contributed by atoms with Crippen LogP contribution in [0.15, 0.2) is 40.1 Å². The molecule has 0 spiro atoms. The number of aromatic nitrogens is 2. The van der Waals surface area contributed by atoms with Crippen molar-refractivity contribution in [1.29, 1.82) is 0 Å². The van der Waals surface area contributed by atoms with Gasteiger partial charge >= 0.3 is 19.4 Å². The van der Waals surface area contributed by atoms with E-state index in [9.17, 15) is 18.9 Å². The minimum atomic E-state index is -4.18. The lowest BCUT2D eigenvalue weighted by Crippen LogP contribution is -2.36. The molecule has 1 saturated heterocycles. The maximum absolute atomic E-state index is 13.8. The third-order valence-corrected chi connectivity index (χ3v) is 7.64. The highest BCUT2D eigenvalue weighted by molar-refractivity contribution is 8.00. The normalized spacial score (nSPS) is 21.2. The van der Waals surface area contributed by atoms with E-state index in [0.717, 1.165) is 0 Å². The second kappa shape index (κ2) is 11.1. The molecule has 3 heterocycles. The Morgan fingerprint density at radius 2 is 2.08 bits per heavy atom. The summed E-state index contributed by atoms with van der Waals surface area (Å²) < 4.78 is 48.1. The van der Waals surface area contributed by atoms with Gasteiger partial charge in [-0.3, -0.25) is 23.7 Å². The number of esters is 1. The number of H-pyrrole nitrogens is 1. The number of benzene rings is 1. The van der Waals surface area contributed by atoms with Crippen LogP contribution < -0.4 is 30.3 Å². The zero-order valence-electron chi connectivity index (χ0n) is 19.7. The van der Waals surface area contributed by atoms with Gasteiger partial charge in [0.1, 0.15) is 17.7 Å². The summed E-state index contributed by atoms with van der Waals surface area (Å²) in [7, 11) is -4.18. The number of rotatable bonds is 10. The maximum atomic E-state index is 13.8. The summed E-state index contributed by atoms with van der Waals surface area (Å²) in [6.07, 6.45) is 0.303. The maximum Gasteiger partial charge on any atom is 0.459 e. The Balaban J connectivity index is 1.47. The van der Waals surface area contributed by atoms with Gasteiger partial charge in [-0.1, -0.05) is 6.07 Å². The Morgan fingerprint density at radius 1 is 1.28 bits per heavy atom. The van der Waals surface area contributed by atoms with Gasteiger partial charge in [0, 0.05) is 18.0 Å². The lowest BCUT2D eigenvalue weighted by atomic mass is 10.3. The smallest absolute Gasteiger partial charge is 0.459 e. The lowest BCUT2D eigenvalue weighted by Gasteiger charge is -2.24. The van der Waals surface area contributed by atoms with Crippen molar-refractivity contribution in [1.82, 2.24) is 14.6 Å². The van der Waals surface area contributed by atoms with Gasteiger partial charge in [0.25, 0.3) is 5.56 Å². The molecule has 13 nitrogen and oxygen atoms in total. The predicted octanol–water partition coefficient (Wildman–Crippen LogP) is 1.99. The molecule has 0 bridgehead atoms. The molecule has 2 aliphatic heterocycles. The van der Waals surface area contributed by atoms with Crippen molar-refractivity contribution >= 4 is 25.5 Å². The molecule has 1 aromatic carbocycles. The van der Waals surface area contributed by atoms with Crippen LogP contribution in [-0.2, 0) is 23.4 Å². The molecule has 1 fully saturated rings. The van der Waals surface area contributed by atoms with E-state index in [1.165, 1.54) is 41.6 Å². The Bertz CT molecular complexity index is 1260. The van der Waals surface area contributed by atoms with Crippen molar-refractivity contribution in [2.24, 2.45) is 0 Å². The van der Waals surface area contributed by atoms with E-state index >= 15 is 0 Å². The van der Waals surface area contributed by atoms with Crippen molar-refractivity contribution in [3.05, 3.63) is 51.3 Å². The molecule has 1 aromatic heterocycles. The van der Waals surface area contributed by atoms with Crippen molar-refractivity contribution in [3.8, 4) is 17.2 Å². The van der Waals surface area contributed by atoms with E-state index in [0.29, 0.717) is 11.5 Å². The monoisotopic (exact) mass is 543 g/mol. The van der Waals surface area contributed by atoms with Crippen molar-refractivity contribution in [2.75, 3.05) is 19.2 Å². The molecule has 0 unspecified atom stereocenters. The fourth-order valence-electron chi connectivity index (χ4n) is 3.31. The highest BCUT2D eigenvalue weighted by Crippen LogP contribution is 2.51. The fourth-order valence-corrected chi connectivity index (χ4v) is 5.89. The summed E-state index contributed by atoms with van der Waals surface area (Å²) >= 11 is 1.32. The average molecular weight is 543 g/mol. The lowest BCUT2D eigenvalue weighted by molar-refractivity contribution is -0.149. The first-order valence-electron chi connectivity index (χ1n) is 11.0. The van der Waals surface area contributed by atoms with Crippen LogP contribution in [0.3, 0.4) is 0 Å². The quantitative estimate of drug-likeness (QED) is 0.332. The number of hydrogen-bond donors (Lipinski definition) is 2. The van der Waals surface area contributed by atoms with E-state index in [2.05, 4.69) is 10.1 Å². The number of fused-ring (bicyclic) bond motifs is 1. The Hall–Kier alpha value is -2.77. The van der Waals surface area contributed by atoms with Crippen LogP contribution in [0, 0.1) is 0 Å². The van der Waals surface area contributed by atoms with Crippen LogP contribution in [0.1, 0.15) is 27.0 Å². The molecule has 0 radical (unpaired) electrons. The van der Waals surface area contributed by atoms with E-state index in [1.54, 1.807) is 26.0 Å². The second-order valence-electron chi connectivity index (χ2n) is 8.08. The highest BCUT2D eigenvalue weighted by atomic mass is 32.2. The van der Waals surface area contributed by atoms with Gasteiger partial charge < -0.3 is 23.5 Å². The molecule has 2 aliphatic rings. The molecule has 0 aliphatic carbocycles. The summed E-state index contributed by atoms with van der Waals surface area (Å²) in [5, 5.41) is 2.60. The number of nitrogens with zero attached hydrogens (tertiary/aromatic N) is 1. The van der Waals surface area contributed by atoms with Crippen molar-refractivity contribution in [3.63, 3.8) is 0 Å². The minimum Gasteiger partial charge on any atom is -0.462 e. The van der Waals surface area contributed by atoms with Crippen molar-refractivity contribution < 1.29 is 37.4 Å². The van der Waals surface area contributed by atoms with Crippen LogP contribution in [0.2, 0.25) is 0 Å². The van der Waals surface area contributed by atoms with Gasteiger partial charge in [-0.15, -0.1) is 11.8 Å². The van der Waals surface area contributed by atoms with Crippen LogP contribution >= 0.6 is 19.5 Å². The Labute approximate surface area is 209 Å². The van der Waals surface area contributed by atoms with Crippen LogP contribution in [0.25, 0.3) is 0 Å². The van der Waals surface area contributed by atoms with Crippen LogP contribution in [0.4, 0.5) is 0 Å². The number of hydrogen-bond acceptors (Lipinski definition) is 11. The van der Waals surface area contributed by atoms with Crippen LogP contribution in [0.5, 0.6) is 17.2 Å². The number of thioether (sulfide) groups is 1. The van der Waals surface area contributed by atoms with Gasteiger partial charge in [0.15, 0.2) is 11.5 Å². The number of nitrogens with one attached hydrogen (secondary N) is 2. The number of ether oxygens (including phenoxy) is 4. The molecule has 4 rings (SSSR count). The van der Waals surface area contributed by atoms with Gasteiger partial charge in [0.2, 0.25) is 12.5 Å². The number of carbonyl (C=O) groups is 1. The zero-order valence-corrected chi connectivity index (χ0v) is 21.4. The fraction of sp³-hybridized carbons (Fsp3) is 0.476. The molecule has 196 valence electrons. The first-order chi connectivity index (χ1) is 17.1. The number of para-hydroxylation sites is 1. The van der Waals surface area contributed by atoms with Gasteiger partial charge in [-0.2, -0.15) is 5.09 Å². The molecule has 15 heteroatoms. The van der Waals surface area contributed by atoms with Gasteiger partial charge in [0.05, 0.1) is 12.7 Å². The van der Waals surface area contributed by atoms with Gasteiger partial charge in [-0.25, -0.2) is 9.36 Å². The third-order valence-electron chi connectivity index (χ3n) is 4.91. The summed E-state index contributed by atoms with van der Waals surface area (Å²) in [5.41, 5.74) is -1.74. The molecule has 36 heavy (non-hydrogen) atoms. The molecule has 0 saturated carbocycles. The van der Waals surface area contributed by atoms with E-state index < -0.39 is 42.7 Å². The summed E-state index contributed by atoms with van der Waals surface area (Å²) in [4.78, 5) is 37.9. The van der Waals surface area contributed by atoms with E-state index in [1.807, 2.05) is 0 Å². The summed E-state index contributed by atoms with van der Waals surface area (Å²) in [5.74, 6) is 0.509. The third kappa shape index (κ3) is 6.31. The molecule has 2 aromatic rings. The molecule has 2 N–H and O–H groups in total. The predicted molar refractivity (Wildman–Crippen MR) is 128 cm³/mol. The highest BCUT2D eigenvalue weighted by Gasteiger charge is 2.37. The summed E-state index contributed by atoms with van der Waals surface area (Å²) in [6, 6.07) is 5.01. The Kier molecular flexibility index (Phi) is 8.10. The topological polar surface area (TPSA) is 156 Å². The average Bonchev–Trinajstić information content (AvgIpc) is 3.47. The Morgan fingerprint density at radius 3 is 2.83 bits per heavy atom. The number of aromatic amines is 1. The van der Waals surface area contributed by atoms with E-state index in [4.69, 9.17) is 28.0 Å². The molecular weight excluding hydrogens is 517 g/mol. The van der Waals surface area contributed by atoms with Gasteiger partial charge in [-0.05, 0) is 32.9 Å². The first-order valence-corrected chi connectivity index (χ1v) is 13.6. The SMILES string of the molecule is CC(C)OC(=O)[C@H](C)N[P@](=O)(OC[C@H]1O[C@@H](n2ccc(=O)[nH]c2=O)CS1)Oc1cccc2c1OCO2. The first kappa shape index (κ1) is 26.3. The number of carbonyl (C=O) groups excluding carboxylic acids is 1. The second-order valence-corrected chi connectivity index (χ2v) is 11.0. The van der Waals surface area contributed by atoms with E-state index in [-0.39, 0.29) is 31.0 Å². The minimum absolute atomic E-state index is 0.0243. The zero-order chi connectivity index (χ0) is 25.9. The standard InChI is InChI=1S/C21H26N3O10PS/c1-12(2)32-20(26)13(3)23-35(28,34-15-6-4-5-14-19(15)30-11-29-14)31-9-18-33-17(10-36-18)24-8-7-16(25)22-21(24)27/h4-8,12-13,17-18H,9-11H2,1-3H3,(H,23,28)(H,22,25,27)/t13-,17+,18-,35-/m0/s1. The van der Waals surface area contributed by atoms with Crippen LogP contribution in [-0.4, -0.2) is 52.3 Å². The molecule has 4 atom stereocenters. The largest absolute Gasteiger partial charge is 0.462 e.